The third-order valence-corrected chi connectivity index (χ3v) is 6.74. The molecule has 2 aliphatic heterocycles. The third-order valence-electron chi connectivity index (χ3n) is 5.73. The second-order valence-corrected chi connectivity index (χ2v) is 8.63. The summed E-state index contributed by atoms with van der Waals surface area (Å²) in [6, 6.07) is 2.22. The van der Waals surface area contributed by atoms with Crippen LogP contribution in [0.2, 0.25) is 0 Å². The number of hydrogen-bond donors (Lipinski definition) is 0. The van der Waals surface area contributed by atoms with E-state index >= 15 is 0 Å². The summed E-state index contributed by atoms with van der Waals surface area (Å²) in [5.74, 6) is 2.11. The molecule has 0 N–H and O–H groups in total. The summed E-state index contributed by atoms with van der Waals surface area (Å²) in [5.41, 5.74) is 1.49. The summed E-state index contributed by atoms with van der Waals surface area (Å²) in [6.45, 7) is 8.30. The molecule has 25 heavy (non-hydrogen) atoms. The van der Waals surface area contributed by atoms with Crippen molar-refractivity contribution in [3.05, 3.63) is 33.6 Å². The number of rotatable bonds is 4. The number of aromatic nitrogens is 2. The van der Waals surface area contributed by atoms with Crippen LogP contribution in [0.25, 0.3) is 0 Å². The van der Waals surface area contributed by atoms with Crippen LogP contribution in [0, 0.1) is 19.8 Å². The number of hydrogen-bond acceptors (Lipinski definition) is 6. The third kappa shape index (κ3) is 3.96. The first-order valence-electron chi connectivity index (χ1n) is 9.30. The zero-order valence-corrected chi connectivity index (χ0v) is 16.0. The van der Waals surface area contributed by atoms with Gasteiger partial charge in [-0.2, -0.15) is 4.98 Å². The van der Waals surface area contributed by atoms with E-state index in [2.05, 4.69) is 33.4 Å². The molecule has 0 amide bonds. The number of ether oxygens (including phenoxy) is 1. The first kappa shape index (κ1) is 17.2. The van der Waals surface area contributed by atoms with Gasteiger partial charge < -0.3 is 9.26 Å². The molecular weight excluding hydrogens is 334 g/mol. The maximum atomic E-state index is 6.30. The average Bonchev–Trinajstić information content (AvgIpc) is 3.19. The SMILES string of the molecule is Cc1noc(CC2CCOC3(CCN(Cc4sccc4C)CC3)C2)n1. The van der Waals surface area contributed by atoms with E-state index in [0.717, 1.165) is 70.1 Å². The van der Waals surface area contributed by atoms with Gasteiger partial charge in [0.1, 0.15) is 0 Å². The number of nitrogens with zero attached hydrogens (tertiary/aromatic N) is 3. The highest BCUT2D eigenvalue weighted by Crippen LogP contribution is 2.39. The Balaban J connectivity index is 1.32. The largest absolute Gasteiger partial charge is 0.375 e. The van der Waals surface area contributed by atoms with E-state index in [1.165, 1.54) is 10.4 Å². The molecule has 0 saturated carbocycles. The van der Waals surface area contributed by atoms with Crippen LogP contribution in [-0.4, -0.2) is 40.3 Å². The molecule has 0 bridgehead atoms. The maximum absolute atomic E-state index is 6.30. The smallest absolute Gasteiger partial charge is 0.226 e. The Hall–Kier alpha value is -1.24. The van der Waals surface area contributed by atoms with Gasteiger partial charge in [-0.25, -0.2) is 0 Å². The number of aryl methyl sites for hydroxylation is 2. The van der Waals surface area contributed by atoms with Gasteiger partial charge in [-0.3, -0.25) is 4.90 Å². The van der Waals surface area contributed by atoms with Gasteiger partial charge in [0.15, 0.2) is 5.82 Å². The van der Waals surface area contributed by atoms with Crippen LogP contribution >= 0.6 is 11.3 Å². The van der Waals surface area contributed by atoms with Crippen molar-refractivity contribution in [3.63, 3.8) is 0 Å². The van der Waals surface area contributed by atoms with Gasteiger partial charge in [-0.05, 0) is 62.5 Å². The quantitative estimate of drug-likeness (QED) is 0.830. The Labute approximate surface area is 153 Å². The van der Waals surface area contributed by atoms with Crippen molar-refractivity contribution in [1.82, 2.24) is 15.0 Å². The minimum absolute atomic E-state index is 0.0684. The first-order chi connectivity index (χ1) is 12.1. The van der Waals surface area contributed by atoms with Crippen LogP contribution in [0.15, 0.2) is 16.0 Å². The van der Waals surface area contributed by atoms with E-state index < -0.39 is 0 Å². The van der Waals surface area contributed by atoms with Crippen molar-refractivity contribution in [2.45, 2.75) is 58.1 Å². The van der Waals surface area contributed by atoms with E-state index in [1.54, 1.807) is 0 Å². The summed E-state index contributed by atoms with van der Waals surface area (Å²) in [6.07, 6.45) is 5.39. The molecule has 0 aromatic carbocycles. The molecule has 2 fully saturated rings. The second-order valence-electron chi connectivity index (χ2n) is 7.63. The zero-order valence-electron chi connectivity index (χ0n) is 15.2. The fourth-order valence-corrected chi connectivity index (χ4v) is 5.16. The minimum Gasteiger partial charge on any atom is -0.375 e. The Kier molecular flexibility index (Phi) is 4.93. The molecule has 4 heterocycles. The Bertz CT molecular complexity index is 703. The van der Waals surface area contributed by atoms with Crippen LogP contribution in [0.4, 0.5) is 0 Å². The highest BCUT2D eigenvalue weighted by molar-refractivity contribution is 7.10. The molecule has 1 atom stereocenters. The normalized spacial score (nSPS) is 24.0. The molecule has 5 nitrogen and oxygen atoms in total. The van der Waals surface area contributed by atoms with Crippen LogP contribution in [-0.2, 0) is 17.7 Å². The number of thiophene rings is 1. The van der Waals surface area contributed by atoms with Crippen molar-refractivity contribution in [1.29, 1.82) is 0 Å². The van der Waals surface area contributed by atoms with Crippen molar-refractivity contribution in [3.8, 4) is 0 Å². The molecule has 2 aliphatic rings. The van der Waals surface area contributed by atoms with Crippen molar-refractivity contribution >= 4 is 11.3 Å². The molecule has 136 valence electrons. The topological polar surface area (TPSA) is 51.4 Å². The lowest BCUT2D eigenvalue weighted by Crippen LogP contribution is -2.49. The zero-order chi connectivity index (χ0) is 17.3. The molecule has 2 aromatic rings. The van der Waals surface area contributed by atoms with Crippen molar-refractivity contribution in [2.24, 2.45) is 5.92 Å². The van der Waals surface area contributed by atoms with Gasteiger partial charge in [0.2, 0.25) is 5.89 Å². The first-order valence-corrected chi connectivity index (χ1v) is 10.2. The summed E-state index contributed by atoms with van der Waals surface area (Å²) >= 11 is 1.88. The van der Waals surface area contributed by atoms with Gasteiger partial charge in [0, 0.05) is 37.5 Å². The molecule has 1 unspecified atom stereocenters. The monoisotopic (exact) mass is 361 g/mol. The van der Waals surface area contributed by atoms with E-state index in [-0.39, 0.29) is 5.60 Å². The fraction of sp³-hybridized carbons (Fsp3) is 0.684. The summed E-state index contributed by atoms with van der Waals surface area (Å²) in [4.78, 5) is 8.46. The minimum atomic E-state index is 0.0684. The lowest BCUT2D eigenvalue weighted by molar-refractivity contribution is -0.128. The van der Waals surface area contributed by atoms with Crippen LogP contribution in [0.3, 0.4) is 0 Å². The van der Waals surface area contributed by atoms with E-state index in [0.29, 0.717) is 5.92 Å². The Morgan fingerprint density at radius 3 is 2.84 bits per heavy atom. The highest BCUT2D eigenvalue weighted by atomic mass is 32.1. The number of piperidine rings is 1. The van der Waals surface area contributed by atoms with Gasteiger partial charge in [0.05, 0.1) is 5.60 Å². The highest BCUT2D eigenvalue weighted by Gasteiger charge is 2.40. The van der Waals surface area contributed by atoms with Crippen molar-refractivity contribution < 1.29 is 9.26 Å². The average molecular weight is 362 g/mol. The van der Waals surface area contributed by atoms with Crippen LogP contribution < -0.4 is 0 Å². The molecule has 0 aliphatic carbocycles. The Morgan fingerprint density at radius 1 is 1.32 bits per heavy atom. The number of likely N-dealkylation sites (tertiary alicyclic amines) is 1. The lowest BCUT2D eigenvalue weighted by atomic mass is 9.78. The predicted molar refractivity (Wildman–Crippen MR) is 97.7 cm³/mol. The fourth-order valence-electron chi connectivity index (χ4n) is 4.21. The van der Waals surface area contributed by atoms with Crippen LogP contribution in [0.1, 0.15) is 47.8 Å². The summed E-state index contributed by atoms with van der Waals surface area (Å²) in [7, 11) is 0. The van der Waals surface area contributed by atoms with E-state index in [9.17, 15) is 0 Å². The lowest BCUT2D eigenvalue weighted by Gasteiger charge is -2.46. The van der Waals surface area contributed by atoms with Crippen molar-refractivity contribution in [2.75, 3.05) is 19.7 Å². The molecule has 0 radical (unpaired) electrons. The molecule has 2 aromatic heterocycles. The summed E-state index contributed by atoms with van der Waals surface area (Å²) < 4.78 is 11.6. The Morgan fingerprint density at radius 2 is 2.16 bits per heavy atom. The van der Waals surface area contributed by atoms with Gasteiger partial charge in [-0.15, -0.1) is 11.3 Å². The van der Waals surface area contributed by atoms with Crippen LogP contribution in [0.5, 0.6) is 0 Å². The molecule has 4 rings (SSSR count). The van der Waals surface area contributed by atoms with Gasteiger partial charge in [-0.1, -0.05) is 5.16 Å². The molecule has 1 spiro atoms. The standard InChI is InChI=1S/C19H27N3O2S/c1-14-4-10-25-17(14)13-22-7-5-19(6-8-22)12-16(3-9-23-19)11-18-20-15(2)21-24-18/h4,10,16H,3,5-9,11-13H2,1-2H3. The molecule has 6 heteroatoms. The molecular formula is C19H27N3O2S. The second kappa shape index (κ2) is 7.17. The predicted octanol–water partition coefficient (Wildman–Crippen LogP) is 3.75. The maximum Gasteiger partial charge on any atom is 0.226 e. The molecule has 2 saturated heterocycles. The van der Waals surface area contributed by atoms with E-state index in [4.69, 9.17) is 9.26 Å². The van der Waals surface area contributed by atoms with Gasteiger partial charge in [0.25, 0.3) is 0 Å². The van der Waals surface area contributed by atoms with E-state index in [1.807, 2.05) is 18.3 Å². The summed E-state index contributed by atoms with van der Waals surface area (Å²) in [5, 5.41) is 6.11. The van der Waals surface area contributed by atoms with Gasteiger partial charge >= 0.3 is 0 Å².